The number of carbonyl (C=O) groups is 1. The Morgan fingerprint density at radius 1 is 1.20 bits per heavy atom. The zero-order valence-electron chi connectivity index (χ0n) is 13.9. The van der Waals surface area contributed by atoms with E-state index in [1.807, 2.05) is 61.7 Å². The largest absolute Gasteiger partial charge is 0.325 e. The fourth-order valence-electron chi connectivity index (χ4n) is 2.26. The van der Waals surface area contributed by atoms with Crippen molar-refractivity contribution in [2.45, 2.75) is 18.2 Å². The molecule has 6 heteroatoms. The summed E-state index contributed by atoms with van der Waals surface area (Å²) in [6, 6.07) is 14.1. The standard InChI is InChI=1S/C19H17BrN2OS2/c1-12-3-4-13(2)16(9-12)21-18(23)11-25-19-22-17(10-24-19)14-5-7-15(20)8-6-14/h3-10H,11H2,1-2H3,(H,21,23). The Balaban J connectivity index is 1.59. The number of hydrogen-bond donors (Lipinski definition) is 1. The third kappa shape index (κ3) is 4.93. The van der Waals surface area contributed by atoms with Gasteiger partial charge < -0.3 is 5.32 Å². The molecule has 0 fully saturated rings. The molecule has 0 atom stereocenters. The summed E-state index contributed by atoms with van der Waals surface area (Å²) in [5.41, 5.74) is 5.09. The van der Waals surface area contributed by atoms with E-state index in [4.69, 9.17) is 0 Å². The molecule has 0 aliphatic rings. The molecule has 3 rings (SSSR count). The van der Waals surface area contributed by atoms with Crippen LogP contribution < -0.4 is 5.32 Å². The SMILES string of the molecule is Cc1ccc(C)c(NC(=O)CSc2nc(-c3ccc(Br)cc3)cs2)c1. The predicted octanol–water partition coefficient (Wildman–Crippen LogP) is 5.92. The Morgan fingerprint density at radius 2 is 1.96 bits per heavy atom. The lowest BCUT2D eigenvalue weighted by atomic mass is 10.1. The molecule has 0 radical (unpaired) electrons. The molecule has 128 valence electrons. The number of anilines is 1. The minimum atomic E-state index is -0.0147. The van der Waals surface area contributed by atoms with E-state index in [-0.39, 0.29) is 5.91 Å². The number of thioether (sulfide) groups is 1. The molecule has 0 aliphatic carbocycles. The number of thiazole rings is 1. The van der Waals surface area contributed by atoms with Crippen molar-refractivity contribution in [1.82, 2.24) is 4.98 Å². The summed E-state index contributed by atoms with van der Waals surface area (Å²) >= 11 is 6.46. The molecule has 3 aromatic rings. The van der Waals surface area contributed by atoms with Crippen molar-refractivity contribution >= 4 is 50.6 Å². The second kappa shape index (κ2) is 8.17. The Hall–Kier alpha value is -1.63. The van der Waals surface area contributed by atoms with Crippen LogP contribution in [0.3, 0.4) is 0 Å². The van der Waals surface area contributed by atoms with Gasteiger partial charge >= 0.3 is 0 Å². The third-order valence-electron chi connectivity index (χ3n) is 3.62. The number of hydrogen-bond acceptors (Lipinski definition) is 4. The fourth-order valence-corrected chi connectivity index (χ4v) is 4.16. The van der Waals surface area contributed by atoms with Crippen molar-refractivity contribution in [3.63, 3.8) is 0 Å². The molecule has 2 aromatic carbocycles. The summed E-state index contributed by atoms with van der Waals surface area (Å²) in [6.07, 6.45) is 0. The van der Waals surface area contributed by atoms with E-state index in [2.05, 4.69) is 26.2 Å². The van der Waals surface area contributed by atoms with Crippen LogP contribution >= 0.6 is 39.0 Å². The van der Waals surface area contributed by atoms with Gasteiger partial charge in [-0.1, -0.05) is 52.0 Å². The van der Waals surface area contributed by atoms with Gasteiger partial charge in [-0.05, 0) is 43.2 Å². The average Bonchev–Trinajstić information content (AvgIpc) is 3.06. The second-order valence-electron chi connectivity index (χ2n) is 5.66. The van der Waals surface area contributed by atoms with E-state index in [0.29, 0.717) is 5.75 Å². The number of aromatic nitrogens is 1. The summed E-state index contributed by atoms with van der Waals surface area (Å²) in [4.78, 5) is 16.8. The first-order chi connectivity index (χ1) is 12.0. The van der Waals surface area contributed by atoms with Crippen LogP contribution in [0.15, 0.2) is 56.7 Å². The zero-order chi connectivity index (χ0) is 17.8. The van der Waals surface area contributed by atoms with E-state index in [1.165, 1.54) is 11.8 Å². The highest BCUT2D eigenvalue weighted by Gasteiger charge is 2.09. The van der Waals surface area contributed by atoms with Gasteiger partial charge in [-0.3, -0.25) is 4.79 Å². The molecule has 0 unspecified atom stereocenters. The fraction of sp³-hybridized carbons (Fsp3) is 0.158. The Bertz CT molecular complexity index is 891. The lowest BCUT2D eigenvalue weighted by Gasteiger charge is -2.08. The number of nitrogens with one attached hydrogen (secondary N) is 1. The lowest BCUT2D eigenvalue weighted by molar-refractivity contribution is -0.113. The maximum Gasteiger partial charge on any atom is 0.234 e. The summed E-state index contributed by atoms with van der Waals surface area (Å²) in [7, 11) is 0. The monoisotopic (exact) mass is 432 g/mol. The first-order valence-electron chi connectivity index (χ1n) is 7.72. The van der Waals surface area contributed by atoms with E-state index < -0.39 is 0 Å². The quantitative estimate of drug-likeness (QED) is 0.508. The van der Waals surface area contributed by atoms with Gasteiger partial charge in [0, 0.05) is 21.1 Å². The molecule has 1 amide bonds. The molecule has 1 N–H and O–H groups in total. The van der Waals surface area contributed by atoms with Gasteiger partial charge in [0.25, 0.3) is 0 Å². The molecule has 0 saturated heterocycles. The number of rotatable bonds is 5. The van der Waals surface area contributed by atoms with Gasteiger partial charge in [0.15, 0.2) is 4.34 Å². The molecule has 1 aromatic heterocycles. The van der Waals surface area contributed by atoms with Crippen LogP contribution in [0.4, 0.5) is 5.69 Å². The highest BCUT2D eigenvalue weighted by molar-refractivity contribution is 9.10. The summed E-state index contributed by atoms with van der Waals surface area (Å²) in [5.74, 6) is 0.333. The molecular weight excluding hydrogens is 416 g/mol. The smallest absolute Gasteiger partial charge is 0.234 e. The Morgan fingerprint density at radius 3 is 2.72 bits per heavy atom. The van der Waals surface area contributed by atoms with Gasteiger partial charge in [-0.15, -0.1) is 11.3 Å². The van der Waals surface area contributed by atoms with Crippen LogP contribution in [0.2, 0.25) is 0 Å². The van der Waals surface area contributed by atoms with Gasteiger partial charge in [-0.25, -0.2) is 4.98 Å². The van der Waals surface area contributed by atoms with Gasteiger partial charge in [0.05, 0.1) is 11.4 Å². The van der Waals surface area contributed by atoms with Crippen LogP contribution in [0.25, 0.3) is 11.3 Å². The van der Waals surface area contributed by atoms with E-state index in [1.54, 1.807) is 11.3 Å². The molecule has 0 spiro atoms. The number of aryl methyl sites for hydroxylation is 2. The van der Waals surface area contributed by atoms with Crippen molar-refractivity contribution in [2.75, 3.05) is 11.1 Å². The predicted molar refractivity (Wildman–Crippen MR) is 111 cm³/mol. The minimum Gasteiger partial charge on any atom is -0.325 e. The van der Waals surface area contributed by atoms with Crippen molar-refractivity contribution in [3.05, 3.63) is 63.4 Å². The molecule has 3 nitrogen and oxygen atoms in total. The summed E-state index contributed by atoms with van der Waals surface area (Å²) in [5, 5.41) is 5.00. The third-order valence-corrected chi connectivity index (χ3v) is 6.17. The van der Waals surface area contributed by atoms with Crippen molar-refractivity contribution in [2.24, 2.45) is 0 Å². The summed E-state index contributed by atoms with van der Waals surface area (Å²) < 4.78 is 1.94. The first-order valence-corrected chi connectivity index (χ1v) is 10.4. The van der Waals surface area contributed by atoms with Crippen molar-refractivity contribution < 1.29 is 4.79 Å². The van der Waals surface area contributed by atoms with Crippen LogP contribution in [0, 0.1) is 13.8 Å². The molecule has 25 heavy (non-hydrogen) atoms. The van der Waals surface area contributed by atoms with Crippen molar-refractivity contribution in [3.8, 4) is 11.3 Å². The highest BCUT2D eigenvalue weighted by Crippen LogP contribution is 2.29. The number of halogens is 1. The highest BCUT2D eigenvalue weighted by atomic mass is 79.9. The number of amides is 1. The van der Waals surface area contributed by atoms with Crippen molar-refractivity contribution in [1.29, 1.82) is 0 Å². The van der Waals surface area contributed by atoms with Crippen LogP contribution in [0.5, 0.6) is 0 Å². The Kier molecular flexibility index (Phi) is 5.93. The molecular formula is C19H17BrN2OS2. The molecule has 0 bridgehead atoms. The normalized spacial score (nSPS) is 10.7. The van der Waals surface area contributed by atoms with Gasteiger partial charge in [0.1, 0.15) is 0 Å². The summed E-state index contributed by atoms with van der Waals surface area (Å²) in [6.45, 7) is 4.01. The number of benzene rings is 2. The maximum absolute atomic E-state index is 12.2. The van der Waals surface area contributed by atoms with E-state index >= 15 is 0 Å². The topological polar surface area (TPSA) is 42.0 Å². The molecule has 1 heterocycles. The van der Waals surface area contributed by atoms with E-state index in [9.17, 15) is 4.79 Å². The van der Waals surface area contributed by atoms with Crippen LogP contribution in [-0.2, 0) is 4.79 Å². The first kappa shape index (κ1) is 18.2. The average molecular weight is 433 g/mol. The lowest BCUT2D eigenvalue weighted by Crippen LogP contribution is -2.14. The number of carbonyl (C=O) groups excluding carboxylic acids is 1. The number of nitrogens with zero attached hydrogens (tertiary/aromatic N) is 1. The van der Waals surface area contributed by atoms with Gasteiger partial charge in [-0.2, -0.15) is 0 Å². The van der Waals surface area contributed by atoms with Gasteiger partial charge in [0.2, 0.25) is 5.91 Å². The zero-order valence-corrected chi connectivity index (χ0v) is 17.1. The molecule has 0 aliphatic heterocycles. The van der Waals surface area contributed by atoms with Crippen LogP contribution in [0.1, 0.15) is 11.1 Å². The van der Waals surface area contributed by atoms with E-state index in [0.717, 1.165) is 36.9 Å². The minimum absolute atomic E-state index is 0.0147. The maximum atomic E-state index is 12.2. The Labute approximate surface area is 164 Å². The van der Waals surface area contributed by atoms with Crippen LogP contribution in [-0.4, -0.2) is 16.6 Å². The second-order valence-corrected chi connectivity index (χ2v) is 8.66. The molecule has 0 saturated carbocycles.